The summed E-state index contributed by atoms with van der Waals surface area (Å²) in [7, 11) is 2.89. The number of nitrogens with one attached hydrogen (secondary N) is 4. The average molecular weight is 997 g/mol. The number of carbonyl (C=O) groups excluding carboxylic acids is 6. The maximum absolute atomic E-state index is 13.4. The van der Waals surface area contributed by atoms with Crippen molar-refractivity contribution in [3.63, 3.8) is 0 Å². The number of methoxy groups -OCH3 is 2. The molecule has 0 heterocycles. The number of Topliss-reactive ketones (excluding diaryl/α,β-unsaturated/α-hetero) is 2. The highest BCUT2D eigenvalue weighted by molar-refractivity contribution is 6.35. The number of para-hydroxylation sites is 2. The largest absolute Gasteiger partial charge is 0.494 e. The summed E-state index contributed by atoms with van der Waals surface area (Å²) >= 11 is 30.9. The van der Waals surface area contributed by atoms with Gasteiger partial charge >= 0.3 is 0 Å². The number of rotatable bonds is 19. The van der Waals surface area contributed by atoms with E-state index in [2.05, 4.69) is 41.7 Å². The van der Waals surface area contributed by atoms with E-state index in [4.69, 9.17) is 67.5 Å². The number of nitrogens with zero attached hydrogens (tertiary/aromatic N) is 4. The maximum atomic E-state index is 13.4. The molecule has 0 spiro atoms. The monoisotopic (exact) mass is 994 g/mol. The first-order valence-corrected chi connectivity index (χ1v) is 21.8. The molecule has 0 fully saturated rings. The minimum Gasteiger partial charge on any atom is -0.494 e. The van der Waals surface area contributed by atoms with Gasteiger partial charge in [-0.3, -0.25) is 28.8 Å². The van der Waals surface area contributed by atoms with Crippen molar-refractivity contribution in [3.05, 3.63) is 129 Å². The van der Waals surface area contributed by atoms with E-state index in [0.717, 1.165) is 13.8 Å². The molecule has 5 aromatic rings. The number of anilines is 4. The van der Waals surface area contributed by atoms with Gasteiger partial charge in [-0.2, -0.15) is 20.5 Å². The van der Waals surface area contributed by atoms with E-state index in [1.54, 1.807) is 36.4 Å². The fourth-order valence-electron chi connectivity index (χ4n) is 6.14. The Hall–Kier alpha value is -6.43. The molecule has 0 aromatic heterocycles. The number of halogens is 5. The van der Waals surface area contributed by atoms with Crippen molar-refractivity contribution < 1.29 is 38.2 Å². The zero-order chi connectivity index (χ0) is 48.1. The lowest BCUT2D eigenvalue weighted by Gasteiger charge is -2.15. The smallest absolute Gasteiger partial charge is 0.258 e. The first kappa shape index (κ1) is 50.6. The summed E-state index contributed by atoms with van der Waals surface area (Å²) in [5, 5.41) is 26.9. The van der Waals surface area contributed by atoms with Crippen LogP contribution < -0.4 is 30.7 Å². The van der Waals surface area contributed by atoms with Crippen LogP contribution in [0.2, 0.25) is 10.0 Å². The van der Waals surface area contributed by atoms with Crippen molar-refractivity contribution in [2.24, 2.45) is 20.5 Å². The topological polar surface area (TPSA) is 218 Å². The van der Waals surface area contributed by atoms with Crippen molar-refractivity contribution in [1.82, 2.24) is 0 Å². The number of ketones is 2. The highest BCUT2D eigenvalue weighted by Gasteiger charge is 2.26. The summed E-state index contributed by atoms with van der Waals surface area (Å²) in [4.78, 5) is 78.5. The highest BCUT2D eigenvalue weighted by atomic mass is 35.5. The molecular formula is C45H39Cl5N8O8. The van der Waals surface area contributed by atoms with Crippen LogP contribution in [0.4, 0.5) is 34.1 Å². The molecule has 0 aliphatic rings. The maximum Gasteiger partial charge on any atom is 0.258 e. The normalized spacial score (nSPS) is 12.0. The van der Waals surface area contributed by atoms with Crippen molar-refractivity contribution in [1.29, 1.82) is 0 Å². The van der Waals surface area contributed by atoms with E-state index in [1.807, 2.05) is 0 Å². The van der Waals surface area contributed by atoms with E-state index in [1.165, 1.54) is 68.8 Å². The standard InChI is InChI=1S/C45H39Cl5N8O8/c1-23(59)38(57-55-29-11-14-33(49)31(18-29)42(61)53-36-9-5-7-25(20-46)40(36)65-3)44(63)51-28-13-16-35(27(17-28)22-48)52-45(64)39(24(2)60)58-56-30-12-15-34(50)32(19-30)43(62)54-37-10-6-8-26(21-47)41(37)66-4/h5-19,38-39H,20-22H2,1-4H3,(H,51,63)(H,52,64)(H,53,61)(H,54,62). The number of hydrogen-bond donors (Lipinski definition) is 4. The molecule has 4 N–H and O–H groups in total. The van der Waals surface area contributed by atoms with Gasteiger partial charge in [-0.15, -0.1) is 34.8 Å². The second kappa shape index (κ2) is 23.7. The molecule has 16 nitrogen and oxygen atoms in total. The summed E-state index contributed by atoms with van der Waals surface area (Å²) in [5.74, 6) is -3.29. The van der Waals surface area contributed by atoms with Crippen molar-refractivity contribution in [2.75, 3.05) is 35.5 Å². The third-order valence-corrected chi connectivity index (χ3v) is 10.9. The minimum absolute atomic E-state index is 0.0248. The summed E-state index contributed by atoms with van der Waals surface area (Å²) in [5.41, 5.74) is 3.00. The predicted molar refractivity (Wildman–Crippen MR) is 255 cm³/mol. The Balaban J connectivity index is 1.26. The molecule has 0 bridgehead atoms. The van der Waals surface area contributed by atoms with Gasteiger partial charge in [0.1, 0.15) is 11.5 Å². The third-order valence-electron chi connectivity index (χ3n) is 9.39. The van der Waals surface area contributed by atoms with Gasteiger partial charge in [0, 0.05) is 28.4 Å². The summed E-state index contributed by atoms with van der Waals surface area (Å²) in [6.07, 6.45) is 0. The van der Waals surface area contributed by atoms with Crippen LogP contribution in [0.15, 0.2) is 111 Å². The zero-order valence-electron chi connectivity index (χ0n) is 35.4. The Bertz CT molecular complexity index is 2750. The molecule has 21 heteroatoms. The van der Waals surface area contributed by atoms with Crippen LogP contribution in [0.25, 0.3) is 0 Å². The Morgan fingerprint density at radius 3 is 1.38 bits per heavy atom. The molecule has 0 saturated heterocycles. The SMILES string of the molecule is COc1c(CCl)cccc1NC(=O)c1cc(N=NC(C(C)=O)C(=O)Nc2ccc(NC(=O)C(N=Nc3ccc(Cl)c(C(=O)Nc4cccc(CCl)c4OC)c3)C(C)=O)c(CCl)c2)ccc1Cl. The molecule has 0 saturated carbocycles. The summed E-state index contributed by atoms with van der Waals surface area (Å²) in [6.45, 7) is 2.31. The molecule has 2 atom stereocenters. The van der Waals surface area contributed by atoms with Crippen LogP contribution in [0, 0.1) is 0 Å². The van der Waals surface area contributed by atoms with E-state index < -0.39 is 47.3 Å². The van der Waals surface area contributed by atoms with Gasteiger partial charge in [0.15, 0.2) is 11.6 Å². The van der Waals surface area contributed by atoms with E-state index in [0.29, 0.717) is 39.6 Å². The van der Waals surface area contributed by atoms with Crippen LogP contribution in [0.1, 0.15) is 51.3 Å². The fourth-order valence-corrected chi connectivity index (χ4v) is 7.19. The first-order valence-electron chi connectivity index (χ1n) is 19.4. The quantitative estimate of drug-likeness (QED) is 0.0353. The van der Waals surface area contributed by atoms with E-state index >= 15 is 0 Å². The minimum atomic E-state index is -1.62. The molecule has 0 aliphatic carbocycles. The van der Waals surface area contributed by atoms with Gasteiger partial charge in [-0.1, -0.05) is 47.5 Å². The number of carbonyl (C=O) groups is 6. The molecule has 0 radical (unpaired) electrons. The fraction of sp³-hybridized carbons (Fsp3) is 0.200. The predicted octanol–water partition coefficient (Wildman–Crippen LogP) is 11.1. The number of azo groups is 2. The zero-order valence-corrected chi connectivity index (χ0v) is 39.2. The van der Waals surface area contributed by atoms with Crippen molar-refractivity contribution in [2.45, 2.75) is 43.6 Å². The van der Waals surface area contributed by atoms with E-state index in [9.17, 15) is 28.8 Å². The lowest BCUT2D eigenvalue weighted by atomic mass is 10.1. The number of hydrogen-bond acceptors (Lipinski definition) is 12. The van der Waals surface area contributed by atoms with Crippen LogP contribution in [0.3, 0.4) is 0 Å². The van der Waals surface area contributed by atoms with Crippen LogP contribution in [0.5, 0.6) is 11.5 Å². The Labute approximate surface area is 403 Å². The molecule has 0 aliphatic heterocycles. The van der Waals surface area contributed by atoms with Gasteiger partial charge in [-0.25, -0.2) is 0 Å². The molecule has 66 heavy (non-hydrogen) atoms. The Kier molecular flexibility index (Phi) is 18.1. The Morgan fingerprint density at radius 1 is 0.530 bits per heavy atom. The van der Waals surface area contributed by atoms with E-state index in [-0.39, 0.29) is 61.6 Å². The molecule has 5 rings (SSSR count). The number of alkyl halides is 3. The summed E-state index contributed by atoms with van der Waals surface area (Å²) < 4.78 is 10.8. The Morgan fingerprint density at radius 2 is 0.970 bits per heavy atom. The van der Waals surface area contributed by atoms with Gasteiger partial charge in [0.25, 0.3) is 23.6 Å². The lowest BCUT2D eigenvalue weighted by Crippen LogP contribution is -2.32. The van der Waals surface area contributed by atoms with Gasteiger partial charge < -0.3 is 30.7 Å². The number of benzene rings is 5. The van der Waals surface area contributed by atoms with Crippen LogP contribution in [-0.4, -0.2) is 61.5 Å². The van der Waals surface area contributed by atoms with Gasteiger partial charge in [-0.05, 0) is 86.1 Å². The second-order valence-corrected chi connectivity index (χ2v) is 15.6. The highest BCUT2D eigenvalue weighted by Crippen LogP contribution is 2.34. The summed E-state index contributed by atoms with van der Waals surface area (Å²) in [6, 6.07) is 19.6. The van der Waals surface area contributed by atoms with Crippen LogP contribution >= 0.6 is 58.0 Å². The molecule has 5 aromatic carbocycles. The van der Waals surface area contributed by atoms with Crippen molar-refractivity contribution >= 4 is 127 Å². The molecule has 342 valence electrons. The first-order chi connectivity index (χ1) is 31.6. The average Bonchev–Trinajstić information content (AvgIpc) is 3.29. The molecule has 2 unspecified atom stereocenters. The number of amides is 4. The van der Waals surface area contributed by atoms with Crippen LogP contribution in [-0.2, 0) is 36.8 Å². The lowest BCUT2D eigenvalue weighted by molar-refractivity contribution is -0.127. The third kappa shape index (κ3) is 12.7. The van der Waals surface area contributed by atoms with Crippen molar-refractivity contribution in [3.8, 4) is 11.5 Å². The molecular weight excluding hydrogens is 958 g/mol. The molecule has 4 amide bonds. The number of ether oxygens (including phenoxy) is 2. The van der Waals surface area contributed by atoms with Gasteiger partial charge in [0.05, 0.1) is 69.9 Å². The second-order valence-electron chi connectivity index (χ2n) is 13.9. The van der Waals surface area contributed by atoms with Gasteiger partial charge in [0.2, 0.25) is 12.1 Å².